The second-order valence-electron chi connectivity index (χ2n) is 4.76. The summed E-state index contributed by atoms with van der Waals surface area (Å²) in [5.41, 5.74) is 4.54. The molecule has 9 heteroatoms. The van der Waals surface area contributed by atoms with Crippen molar-refractivity contribution in [2.75, 3.05) is 12.3 Å². The molecule has 1 aliphatic heterocycles. The van der Waals surface area contributed by atoms with E-state index in [1.54, 1.807) is 0 Å². The normalized spacial score (nSPS) is 35.1. The first-order valence-electron chi connectivity index (χ1n) is 5.98. The molecule has 2 unspecified atom stereocenters. The molecule has 1 fully saturated rings. The summed E-state index contributed by atoms with van der Waals surface area (Å²) in [5.74, 6) is -3.92. The molecule has 2 rings (SSSR count). The summed E-state index contributed by atoms with van der Waals surface area (Å²) in [6, 6.07) is 1.30. The number of aliphatic hydroxyl groups is 3. The van der Waals surface area contributed by atoms with E-state index in [4.69, 9.17) is 15.6 Å². The van der Waals surface area contributed by atoms with Crippen LogP contribution in [0, 0.1) is 5.92 Å². The predicted octanol–water partition coefficient (Wildman–Crippen LogP) is -1.63. The summed E-state index contributed by atoms with van der Waals surface area (Å²) in [6.07, 6.45) is -3.05. The van der Waals surface area contributed by atoms with Crippen molar-refractivity contribution in [3.8, 4) is 0 Å². The maximum atomic E-state index is 14.2. The van der Waals surface area contributed by atoms with Gasteiger partial charge >= 0.3 is 5.69 Å². The number of aromatic nitrogens is 2. The number of nitrogens with zero attached hydrogens (tertiary/aromatic N) is 2. The van der Waals surface area contributed by atoms with Gasteiger partial charge in [0.1, 0.15) is 24.8 Å². The van der Waals surface area contributed by atoms with E-state index < -0.39 is 42.5 Å². The van der Waals surface area contributed by atoms with Crippen molar-refractivity contribution in [1.29, 1.82) is 0 Å². The highest BCUT2D eigenvalue weighted by molar-refractivity contribution is 5.23. The second kappa shape index (κ2) is 5.09. The summed E-state index contributed by atoms with van der Waals surface area (Å²) in [5, 5.41) is 28.6. The number of anilines is 1. The van der Waals surface area contributed by atoms with Gasteiger partial charge in [-0.2, -0.15) is 4.98 Å². The molecule has 0 amide bonds. The molecule has 0 saturated carbocycles. The Kier molecular flexibility index (Phi) is 3.78. The molecule has 1 saturated heterocycles. The highest BCUT2D eigenvalue weighted by Gasteiger charge is 2.57. The van der Waals surface area contributed by atoms with E-state index >= 15 is 0 Å². The maximum Gasteiger partial charge on any atom is 0.351 e. The Labute approximate surface area is 113 Å². The Hall–Kier alpha value is -1.55. The lowest BCUT2D eigenvalue weighted by atomic mass is 9.93. The molecule has 0 radical (unpaired) electrons. The van der Waals surface area contributed by atoms with E-state index in [2.05, 4.69) is 4.98 Å². The number of hydrogen-bond acceptors (Lipinski definition) is 7. The van der Waals surface area contributed by atoms with Gasteiger partial charge in [-0.15, -0.1) is 0 Å². The van der Waals surface area contributed by atoms with Crippen LogP contribution in [0.5, 0.6) is 0 Å². The lowest BCUT2D eigenvalue weighted by Gasteiger charge is -2.23. The minimum atomic E-state index is -2.76. The summed E-state index contributed by atoms with van der Waals surface area (Å²) in [7, 11) is 0. The fourth-order valence-electron chi connectivity index (χ4n) is 2.29. The van der Waals surface area contributed by atoms with Gasteiger partial charge in [-0.1, -0.05) is 0 Å². The SMILES string of the molecule is CC(O)C1[C@H](n2ccc(N)nc2=O)O[C@](F)(CO)[C@H]1O. The van der Waals surface area contributed by atoms with Gasteiger partial charge in [0.25, 0.3) is 5.85 Å². The third kappa shape index (κ3) is 2.29. The van der Waals surface area contributed by atoms with Gasteiger partial charge in [-0.05, 0) is 13.0 Å². The van der Waals surface area contributed by atoms with Crippen LogP contribution in [0.3, 0.4) is 0 Å². The van der Waals surface area contributed by atoms with E-state index in [9.17, 15) is 19.4 Å². The van der Waals surface area contributed by atoms with Gasteiger partial charge in [0.15, 0.2) is 0 Å². The number of nitrogen functional groups attached to an aromatic ring is 1. The molecule has 20 heavy (non-hydrogen) atoms. The third-order valence-corrected chi connectivity index (χ3v) is 3.35. The average Bonchev–Trinajstić information content (AvgIpc) is 2.63. The number of hydrogen-bond donors (Lipinski definition) is 4. The van der Waals surface area contributed by atoms with Crippen LogP contribution in [0.25, 0.3) is 0 Å². The number of aliphatic hydroxyl groups excluding tert-OH is 3. The number of alkyl halides is 1. The lowest BCUT2D eigenvalue weighted by Crippen LogP contribution is -2.43. The molecule has 1 aromatic heterocycles. The maximum absolute atomic E-state index is 14.2. The average molecular weight is 289 g/mol. The zero-order chi connectivity index (χ0) is 15.1. The van der Waals surface area contributed by atoms with Crippen molar-refractivity contribution < 1.29 is 24.4 Å². The zero-order valence-corrected chi connectivity index (χ0v) is 10.7. The van der Waals surface area contributed by atoms with E-state index in [0.29, 0.717) is 0 Å². The van der Waals surface area contributed by atoms with Crippen molar-refractivity contribution in [1.82, 2.24) is 9.55 Å². The highest BCUT2D eigenvalue weighted by Crippen LogP contribution is 2.43. The van der Waals surface area contributed by atoms with Crippen molar-refractivity contribution in [2.24, 2.45) is 5.92 Å². The summed E-state index contributed by atoms with van der Waals surface area (Å²) >= 11 is 0. The second-order valence-corrected chi connectivity index (χ2v) is 4.76. The predicted molar refractivity (Wildman–Crippen MR) is 65.1 cm³/mol. The quantitative estimate of drug-likeness (QED) is 0.525. The summed E-state index contributed by atoms with van der Waals surface area (Å²) in [6.45, 7) is 0.216. The lowest BCUT2D eigenvalue weighted by molar-refractivity contribution is -0.207. The first-order chi connectivity index (χ1) is 9.30. The number of ether oxygens (including phenoxy) is 1. The minimum absolute atomic E-state index is 0.0212. The smallest absolute Gasteiger partial charge is 0.351 e. The van der Waals surface area contributed by atoms with Crippen LogP contribution in [-0.2, 0) is 4.74 Å². The number of rotatable bonds is 3. The fourth-order valence-corrected chi connectivity index (χ4v) is 2.29. The Bertz CT molecular complexity index is 551. The minimum Gasteiger partial charge on any atom is -0.393 e. The zero-order valence-electron chi connectivity index (χ0n) is 10.7. The van der Waals surface area contributed by atoms with Crippen molar-refractivity contribution >= 4 is 5.82 Å². The van der Waals surface area contributed by atoms with Gasteiger partial charge in [-0.3, -0.25) is 4.57 Å². The van der Waals surface area contributed by atoms with E-state index in [0.717, 1.165) is 4.57 Å². The van der Waals surface area contributed by atoms with Crippen molar-refractivity contribution in [3.05, 3.63) is 22.7 Å². The first kappa shape index (κ1) is 14.9. The molecule has 5 N–H and O–H groups in total. The Morgan fingerprint density at radius 2 is 2.35 bits per heavy atom. The molecule has 1 aromatic rings. The Morgan fingerprint density at radius 3 is 2.85 bits per heavy atom. The van der Waals surface area contributed by atoms with Crippen molar-refractivity contribution in [2.45, 2.75) is 31.2 Å². The summed E-state index contributed by atoms with van der Waals surface area (Å²) in [4.78, 5) is 15.2. The van der Waals surface area contributed by atoms with Crippen LogP contribution in [-0.4, -0.2) is 49.5 Å². The van der Waals surface area contributed by atoms with Gasteiger partial charge in [-0.25, -0.2) is 9.18 Å². The first-order valence-corrected chi connectivity index (χ1v) is 5.98. The van der Waals surface area contributed by atoms with Crippen LogP contribution in [0.4, 0.5) is 10.2 Å². The van der Waals surface area contributed by atoms with Gasteiger partial charge < -0.3 is 25.8 Å². The molecule has 2 heterocycles. The Balaban J connectivity index is 2.46. The molecular formula is C11H16FN3O5. The van der Waals surface area contributed by atoms with E-state index in [1.165, 1.54) is 19.2 Å². The fraction of sp³-hybridized carbons (Fsp3) is 0.636. The monoisotopic (exact) mass is 289 g/mol. The van der Waals surface area contributed by atoms with Crippen LogP contribution in [0.2, 0.25) is 0 Å². The molecule has 5 atom stereocenters. The number of nitrogens with two attached hydrogens (primary N) is 1. The Morgan fingerprint density at radius 1 is 1.70 bits per heavy atom. The van der Waals surface area contributed by atoms with Gasteiger partial charge in [0.05, 0.1) is 12.0 Å². The molecule has 8 nitrogen and oxygen atoms in total. The molecule has 0 aliphatic carbocycles. The van der Waals surface area contributed by atoms with Crippen LogP contribution < -0.4 is 11.4 Å². The molecule has 1 aliphatic rings. The van der Waals surface area contributed by atoms with Crippen molar-refractivity contribution in [3.63, 3.8) is 0 Å². The molecule has 0 aromatic carbocycles. The third-order valence-electron chi connectivity index (χ3n) is 3.35. The van der Waals surface area contributed by atoms with Gasteiger partial charge in [0, 0.05) is 6.20 Å². The standard InChI is InChI=1S/C11H16FN3O5/c1-5(17)7-8(18)11(12,4-16)20-9(7)15-3-2-6(13)14-10(15)19/h2-3,5,7-9,16-18H,4H2,1H3,(H2,13,14,19)/t5?,7?,8-,9+,11+/m0/s1. The molecule has 112 valence electrons. The van der Waals surface area contributed by atoms with Gasteiger partial charge in [0.2, 0.25) is 0 Å². The molecule has 0 spiro atoms. The molecule has 0 bridgehead atoms. The van der Waals surface area contributed by atoms with E-state index in [-0.39, 0.29) is 5.82 Å². The van der Waals surface area contributed by atoms with Crippen LogP contribution in [0.15, 0.2) is 17.1 Å². The largest absolute Gasteiger partial charge is 0.393 e. The van der Waals surface area contributed by atoms with Crippen LogP contribution >= 0.6 is 0 Å². The molecular weight excluding hydrogens is 273 g/mol. The highest BCUT2D eigenvalue weighted by atomic mass is 19.2. The van der Waals surface area contributed by atoms with Crippen LogP contribution in [0.1, 0.15) is 13.2 Å². The topological polar surface area (TPSA) is 131 Å². The van der Waals surface area contributed by atoms with E-state index in [1.807, 2.05) is 0 Å². The number of halogens is 1. The summed E-state index contributed by atoms with van der Waals surface area (Å²) < 4.78 is 20.1.